The summed E-state index contributed by atoms with van der Waals surface area (Å²) in [5.74, 6) is 0.692. The van der Waals surface area contributed by atoms with Crippen LogP contribution < -0.4 is 0 Å². The second-order valence-corrected chi connectivity index (χ2v) is 4.92. The van der Waals surface area contributed by atoms with Gasteiger partial charge in [-0.15, -0.1) is 11.3 Å². The predicted octanol–water partition coefficient (Wildman–Crippen LogP) is 4.47. The standard InChI is InChI=1S/C13H16OS/c1-11(13-6-3-9-15-13)4-2-5-12-7-8-14-10-12/h3,6-11H,2,4-5H2,1H3. The molecule has 1 nitrogen and oxygen atoms in total. The van der Waals surface area contributed by atoms with Gasteiger partial charge in [0.25, 0.3) is 0 Å². The molecule has 0 saturated heterocycles. The summed E-state index contributed by atoms with van der Waals surface area (Å²) in [7, 11) is 0. The number of thiophene rings is 1. The third kappa shape index (κ3) is 2.96. The summed E-state index contributed by atoms with van der Waals surface area (Å²) in [5.41, 5.74) is 1.31. The maximum Gasteiger partial charge on any atom is 0.0934 e. The Morgan fingerprint density at radius 1 is 1.40 bits per heavy atom. The van der Waals surface area contributed by atoms with Crippen LogP contribution in [0.1, 0.15) is 36.1 Å². The van der Waals surface area contributed by atoms with E-state index in [1.54, 1.807) is 6.26 Å². The Kier molecular flexibility index (Phi) is 3.62. The largest absolute Gasteiger partial charge is 0.472 e. The molecule has 0 saturated carbocycles. The predicted molar refractivity (Wildman–Crippen MR) is 64.4 cm³/mol. The molecule has 15 heavy (non-hydrogen) atoms. The molecule has 80 valence electrons. The van der Waals surface area contributed by atoms with Crippen molar-refractivity contribution < 1.29 is 4.42 Å². The molecule has 0 aromatic carbocycles. The molecule has 1 unspecified atom stereocenters. The Morgan fingerprint density at radius 2 is 2.33 bits per heavy atom. The van der Waals surface area contributed by atoms with Crippen molar-refractivity contribution in [3.63, 3.8) is 0 Å². The van der Waals surface area contributed by atoms with Crippen LogP contribution in [0.2, 0.25) is 0 Å². The van der Waals surface area contributed by atoms with Crippen LogP contribution in [0.15, 0.2) is 40.5 Å². The molecule has 2 heterocycles. The molecule has 0 bridgehead atoms. The summed E-state index contributed by atoms with van der Waals surface area (Å²) in [6.07, 6.45) is 7.21. The Morgan fingerprint density at radius 3 is 3.00 bits per heavy atom. The first-order chi connectivity index (χ1) is 7.36. The van der Waals surface area contributed by atoms with Crippen molar-refractivity contribution in [1.82, 2.24) is 0 Å². The highest BCUT2D eigenvalue weighted by Gasteiger charge is 2.06. The lowest BCUT2D eigenvalue weighted by Crippen LogP contribution is -1.91. The lowest BCUT2D eigenvalue weighted by atomic mass is 10.0. The molecule has 0 radical (unpaired) electrons. The maximum absolute atomic E-state index is 5.05. The Hall–Kier alpha value is -1.02. The molecule has 2 aromatic heterocycles. The van der Waals surface area contributed by atoms with E-state index in [9.17, 15) is 0 Å². The fraction of sp³-hybridized carbons (Fsp3) is 0.385. The van der Waals surface area contributed by atoms with E-state index in [4.69, 9.17) is 4.42 Å². The molecule has 2 rings (SSSR count). The summed E-state index contributed by atoms with van der Waals surface area (Å²) in [6.45, 7) is 2.31. The van der Waals surface area contributed by atoms with E-state index in [0.29, 0.717) is 5.92 Å². The third-order valence-corrected chi connectivity index (χ3v) is 3.82. The van der Waals surface area contributed by atoms with Gasteiger partial charge in [-0.25, -0.2) is 0 Å². The first kappa shape index (κ1) is 10.5. The van der Waals surface area contributed by atoms with E-state index in [-0.39, 0.29) is 0 Å². The van der Waals surface area contributed by atoms with E-state index in [1.807, 2.05) is 17.6 Å². The van der Waals surface area contributed by atoms with E-state index in [0.717, 1.165) is 6.42 Å². The van der Waals surface area contributed by atoms with Gasteiger partial charge in [0.05, 0.1) is 12.5 Å². The first-order valence-corrected chi connectivity index (χ1v) is 6.28. The van der Waals surface area contributed by atoms with Crippen LogP contribution in [0, 0.1) is 0 Å². The zero-order valence-corrected chi connectivity index (χ0v) is 9.80. The zero-order chi connectivity index (χ0) is 10.5. The quantitative estimate of drug-likeness (QED) is 0.724. The molecular formula is C13H16OS. The van der Waals surface area contributed by atoms with E-state index >= 15 is 0 Å². The average molecular weight is 220 g/mol. The molecule has 0 aliphatic rings. The Labute approximate surface area is 94.7 Å². The molecule has 0 N–H and O–H groups in total. The highest BCUT2D eigenvalue weighted by molar-refractivity contribution is 7.10. The van der Waals surface area contributed by atoms with Crippen molar-refractivity contribution in [3.8, 4) is 0 Å². The highest BCUT2D eigenvalue weighted by atomic mass is 32.1. The van der Waals surface area contributed by atoms with Crippen LogP contribution in [-0.4, -0.2) is 0 Å². The minimum Gasteiger partial charge on any atom is -0.472 e. The average Bonchev–Trinajstić information content (AvgIpc) is 2.90. The van der Waals surface area contributed by atoms with Gasteiger partial charge in [0, 0.05) is 4.88 Å². The molecule has 0 aliphatic carbocycles. The van der Waals surface area contributed by atoms with Crippen molar-refractivity contribution in [2.24, 2.45) is 0 Å². The molecule has 0 fully saturated rings. The number of aryl methyl sites for hydroxylation is 1. The number of rotatable bonds is 5. The van der Waals surface area contributed by atoms with Gasteiger partial charge in [0.2, 0.25) is 0 Å². The molecule has 2 heteroatoms. The normalized spacial score (nSPS) is 12.9. The number of furan rings is 1. The fourth-order valence-electron chi connectivity index (χ4n) is 1.76. The molecular weight excluding hydrogens is 204 g/mol. The second kappa shape index (κ2) is 5.17. The highest BCUT2D eigenvalue weighted by Crippen LogP contribution is 2.25. The minimum absolute atomic E-state index is 0.692. The van der Waals surface area contributed by atoms with Crippen molar-refractivity contribution >= 4 is 11.3 Å². The summed E-state index contributed by atoms with van der Waals surface area (Å²) < 4.78 is 5.05. The van der Waals surface area contributed by atoms with Gasteiger partial charge in [0.1, 0.15) is 0 Å². The van der Waals surface area contributed by atoms with Gasteiger partial charge >= 0.3 is 0 Å². The minimum atomic E-state index is 0.692. The Bertz CT molecular complexity index is 361. The van der Waals surface area contributed by atoms with E-state index < -0.39 is 0 Å². The third-order valence-electron chi connectivity index (χ3n) is 2.71. The molecule has 0 amide bonds. The van der Waals surface area contributed by atoms with Gasteiger partial charge in [0.15, 0.2) is 0 Å². The summed E-state index contributed by atoms with van der Waals surface area (Å²) in [4.78, 5) is 1.50. The summed E-state index contributed by atoms with van der Waals surface area (Å²) in [6, 6.07) is 6.41. The van der Waals surface area contributed by atoms with Gasteiger partial charge in [-0.2, -0.15) is 0 Å². The summed E-state index contributed by atoms with van der Waals surface area (Å²) in [5, 5.41) is 2.15. The molecule has 0 aliphatic heterocycles. The lowest BCUT2D eigenvalue weighted by Gasteiger charge is -2.07. The van der Waals surface area contributed by atoms with Crippen molar-refractivity contribution in [2.45, 2.75) is 32.1 Å². The molecule has 0 spiro atoms. The number of hydrogen-bond donors (Lipinski definition) is 0. The monoisotopic (exact) mass is 220 g/mol. The topological polar surface area (TPSA) is 13.1 Å². The van der Waals surface area contributed by atoms with Crippen molar-refractivity contribution in [2.75, 3.05) is 0 Å². The van der Waals surface area contributed by atoms with Crippen LogP contribution in [-0.2, 0) is 6.42 Å². The smallest absolute Gasteiger partial charge is 0.0934 e. The van der Waals surface area contributed by atoms with Crippen LogP contribution in [0.5, 0.6) is 0 Å². The van der Waals surface area contributed by atoms with Gasteiger partial charge in [-0.1, -0.05) is 13.0 Å². The first-order valence-electron chi connectivity index (χ1n) is 5.41. The van der Waals surface area contributed by atoms with E-state index in [1.165, 1.54) is 23.3 Å². The summed E-state index contributed by atoms with van der Waals surface area (Å²) >= 11 is 1.86. The van der Waals surface area contributed by atoms with Crippen LogP contribution in [0.25, 0.3) is 0 Å². The zero-order valence-electron chi connectivity index (χ0n) is 8.98. The van der Waals surface area contributed by atoms with E-state index in [2.05, 4.69) is 30.5 Å². The van der Waals surface area contributed by atoms with Crippen LogP contribution >= 0.6 is 11.3 Å². The van der Waals surface area contributed by atoms with Crippen molar-refractivity contribution in [1.29, 1.82) is 0 Å². The SMILES string of the molecule is CC(CCCc1ccoc1)c1cccs1. The molecule has 2 aromatic rings. The van der Waals surface area contributed by atoms with Gasteiger partial charge < -0.3 is 4.42 Å². The molecule has 1 atom stereocenters. The van der Waals surface area contributed by atoms with Gasteiger partial charge in [-0.3, -0.25) is 0 Å². The fourth-order valence-corrected chi connectivity index (χ4v) is 2.58. The van der Waals surface area contributed by atoms with Crippen molar-refractivity contribution in [3.05, 3.63) is 46.5 Å². The second-order valence-electron chi connectivity index (χ2n) is 3.94. The number of hydrogen-bond acceptors (Lipinski definition) is 2. The van der Waals surface area contributed by atoms with Gasteiger partial charge in [-0.05, 0) is 48.3 Å². The Balaban J connectivity index is 1.74. The lowest BCUT2D eigenvalue weighted by molar-refractivity contribution is 0.561. The maximum atomic E-state index is 5.05. The van der Waals surface area contributed by atoms with Crippen LogP contribution in [0.4, 0.5) is 0 Å². The van der Waals surface area contributed by atoms with Crippen LogP contribution in [0.3, 0.4) is 0 Å².